The highest BCUT2D eigenvalue weighted by Gasteiger charge is 2.21. The van der Waals surface area contributed by atoms with Crippen LogP contribution in [0.25, 0.3) is 10.9 Å². The van der Waals surface area contributed by atoms with Gasteiger partial charge in [-0.1, -0.05) is 18.2 Å². The van der Waals surface area contributed by atoms with Crippen LogP contribution < -0.4 is 19.3 Å². The van der Waals surface area contributed by atoms with E-state index in [1.54, 1.807) is 24.3 Å². The van der Waals surface area contributed by atoms with Crippen molar-refractivity contribution in [3.8, 4) is 11.5 Å². The lowest BCUT2D eigenvalue weighted by atomic mass is 10.2. The van der Waals surface area contributed by atoms with E-state index >= 15 is 0 Å². The molecule has 26 heavy (non-hydrogen) atoms. The minimum atomic E-state index is -4.08. The van der Waals surface area contributed by atoms with Gasteiger partial charge >= 0.3 is 0 Å². The maximum Gasteiger partial charge on any atom is 0.262 e. The van der Waals surface area contributed by atoms with Gasteiger partial charge in [0.1, 0.15) is 0 Å². The number of carbonyl (C=O) groups is 1. The van der Waals surface area contributed by atoms with Gasteiger partial charge in [-0.05, 0) is 18.2 Å². The average molecular weight is 375 g/mol. The average Bonchev–Trinajstić information content (AvgIpc) is 2.99. The number of fused-ring (bicyclic) bond motifs is 1. The number of rotatable bonds is 6. The lowest BCUT2D eigenvalue weighted by Gasteiger charge is -2.12. The number of aromatic amines is 1. The summed E-state index contributed by atoms with van der Waals surface area (Å²) in [5.41, 5.74) is 0.0300. The number of hydrogen-bond donors (Lipinski definition) is 2. The lowest BCUT2D eigenvalue weighted by Crippen LogP contribution is -2.25. The molecule has 0 spiro atoms. The van der Waals surface area contributed by atoms with Crippen molar-refractivity contribution in [2.24, 2.45) is 0 Å². The molecule has 0 aliphatic rings. The highest BCUT2D eigenvalue weighted by atomic mass is 32.2. The maximum atomic E-state index is 12.8. The van der Waals surface area contributed by atoms with Crippen molar-refractivity contribution in [3.05, 3.63) is 48.2 Å². The van der Waals surface area contributed by atoms with Gasteiger partial charge in [0.15, 0.2) is 11.5 Å². The fourth-order valence-electron chi connectivity index (χ4n) is 2.58. The molecular formula is C17H15N2O6S-. The predicted octanol–water partition coefficient (Wildman–Crippen LogP) is 1.35. The normalized spacial score (nSPS) is 11.3. The van der Waals surface area contributed by atoms with Gasteiger partial charge in [0.05, 0.1) is 36.5 Å². The number of carboxylic acids is 1. The Kier molecular flexibility index (Phi) is 4.47. The van der Waals surface area contributed by atoms with Gasteiger partial charge in [-0.2, -0.15) is 0 Å². The Balaban J connectivity index is 2.10. The Morgan fingerprint density at radius 2 is 1.77 bits per heavy atom. The van der Waals surface area contributed by atoms with Crippen LogP contribution in [-0.2, 0) is 10.0 Å². The van der Waals surface area contributed by atoms with Crippen LogP contribution in [0.5, 0.6) is 11.5 Å². The molecule has 3 aromatic rings. The highest BCUT2D eigenvalue weighted by Crippen LogP contribution is 2.32. The summed E-state index contributed by atoms with van der Waals surface area (Å²) >= 11 is 0. The SMILES string of the molecule is COc1ccc(S(=O)(=O)Nc2c(C(=O)[O-])[nH]c3ccccc23)cc1OC. The number of benzene rings is 2. The van der Waals surface area contributed by atoms with E-state index in [1.165, 1.54) is 32.4 Å². The van der Waals surface area contributed by atoms with Gasteiger partial charge in [0, 0.05) is 17.0 Å². The molecule has 0 radical (unpaired) electrons. The van der Waals surface area contributed by atoms with Crippen LogP contribution >= 0.6 is 0 Å². The minimum Gasteiger partial charge on any atom is -0.543 e. The number of aromatic nitrogens is 1. The smallest absolute Gasteiger partial charge is 0.262 e. The standard InChI is InChI=1S/C17H16N2O6S/c1-24-13-8-7-10(9-14(13)25-2)26(22,23)19-15-11-5-3-4-6-12(11)18-16(15)17(20)21/h3-9,18-19H,1-2H3,(H,20,21)/p-1. The zero-order valence-corrected chi connectivity index (χ0v) is 14.7. The summed E-state index contributed by atoms with van der Waals surface area (Å²) in [7, 11) is -1.27. The molecule has 8 nitrogen and oxygen atoms in total. The first-order valence-corrected chi connectivity index (χ1v) is 8.92. The van der Waals surface area contributed by atoms with Gasteiger partial charge in [-0.3, -0.25) is 4.72 Å². The Labute approximate surface area is 149 Å². The van der Waals surface area contributed by atoms with E-state index in [9.17, 15) is 18.3 Å². The van der Waals surface area contributed by atoms with Gasteiger partial charge in [-0.25, -0.2) is 8.42 Å². The van der Waals surface area contributed by atoms with Gasteiger partial charge in [0.25, 0.3) is 10.0 Å². The molecule has 0 saturated heterocycles. The molecule has 0 aliphatic carbocycles. The molecule has 1 heterocycles. The fraction of sp³-hybridized carbons (Fsp3) is 0.118. The van der Waals surface area contributed by atoms with Crippen molar-refractivity contribution in [1.29, 1.82) is 0 Å². The maximum absolute atomic E-state index is 12.8. The Hall–Kier alpha value is -3.20. The second kappa shape index (κ2) is 6.60. The van der Waals surface area contributed by atoms with Crippen molar-refractivity contribution in [3.63, 3.8) is 0 Å². The molecule has 0 aliphatic heterocycles. The first-order valence-electron chi connectivity index (χ1n) is 7.44. The van der Waals surface area contributed by atoms with Crippen LogP contribution in [0.1, 0.15) is 10.5 Å². The number of methoxy groups -OCH3 is 2. The third-order valence-electron chi connectivity index (χ3n) is 3.81. The predicted molar refractivity (Wildman–Crippen MR) is 93.0 cm³/mol. The molecule has 0 saturated carbocycles. The summed E-state index contributed by atoms with van der Waals surface area (Å²) in [6.45, 7) is 0. The molecule has 0 unspecified atom stereocenters. The van der Waals surface area contributed by atoms with Crippen molar-refractivity contribution in [2.45, 2.75) is 4.90 Å². The molecular weight excluding hydrogens is 360 g/mol. The van der Waals surface area contributed by atoms with E-state index in [0.717, 1.165) is 0 Å². The molecule has 3 rings (SSSR count). The number of sulfonamides is 1. The monoisotopic (exact) mass is 375 g/mol. The van der Waals surface area contributed by atoms with E-state index < -0.39 is 16.0 Å². The van der Waals surface area contributed by atoms with Crippen LogP contribution in [0.15, 0.2) is 47.4 Å². The second-order valence-corrected chi connectivity index (χ2v) is 7.01. The van der Waals surface area contributed by atoms with E-state index in [0.29, 0.717) is 16.7 Å². The molecule has 136 valence electrons. The largest absolute Gasteiger partial charge is 0.543 e. The number of carbonyl (C=O) groups excluding carboxylic acids is 1. The van der Waals surface area contributed by atoms with Crippen LogP contribution in [0.4, 0.5) is 5.69 Å². The second-order valence-electron chi connectivity index (χ2n) is 5.33. The Morgan fingerprint density at radius 3 is 2.42 bits per heavy atom. The van der Waals surface area contributed by atoms with E-state index in [1.807, 2.05) is 0 Å². The van der Waals surface area contributed by atoms with E-state index in [2.05, 4.69) is 9.71 Å². The third kappa shape index (κ3) is 3.04. The van der Waals surface area contributed by atoms with Gasteiger partial charge < -0.3 is 24.4 Å². The van der Waals surface area contributed by atoms with E-state index in [4.69, 9.17) is 9.47 Å². The minimum absolute atomic E-state index is 0.0876. The highest BCUT2D eigenvalue weighted by molar-refractivity contribution is 7.92. The molecule has 0 atom stereocenters. The Morgan fingerprint density at radius 1 is 1.08 bits per heavy atom. The van der Waals surface area contributed by atoms with Crippen molar-refractivity contribution < 1.29 is 27.8 Å². The topological polar surface area (TPSA) is 121 Å². The summed E-state index contributed by atoms with van der Waals surface area (Å²) in [5, 5.41) is 11.8. The quantitative estimate of drug-likeness (QED) is 0.671. The molecule has 2 aromatic carbocycles. The summed E-state index contributed by atoms with van der Waals surface area (Å²) in [4.78, 5) is 13.9. The Bertz CT molecular complexity index is 1090. The molecule has 0 fully saturated rings. The number of anilines is 1. The van der Waals surface area contributed by atoms with E-state index in [-0.39, 0.29) is 22.0 Å². The number of carboxylic acid groups (broad SMARTS) is 1. The van der Waals surface area contributed by atoms with Crippen LogP contribution in [0.2, 0.25) is 0 Å². The summed E-state index contributed by atoms with van der Waals surface area (Å²) in [6.07, 6.45) is 0. The first-order chi connectivity index (χ1) is 12.4. The third-order valence-corrected chi connectivity index (χ3v) is 5.16. The zero-order chi connectivity index (χ0) is 18.9. The molecule has 2 N–H and O–H groups in total. The lowest BCUT2D eigenvalue weighted by molar-refractivity contribution is -0.255. The van der Waals surface area contributed by atoms with Crippen LogP contribution in [0, 0.1) is 0 Å². The van der Waals surface area contributed by atoms with Crippen molar-refractivity contribution >= 4 is 32.6 Å². The number of H-pyrrole nitrogens is 1. The number of ether oxygens (including phenoxy) is 2. The summed E-state index contributed by atoms with van der Waals surface area (Å²) < 4.78 is 38.0. The number of nitrogens with one attached hydrogen (secondary N) is 2. The van der Waals surface area contributed by atoms with Gasteiger partial charge in [0.2, 0.25) is 0 Å². The first kappa shape index (κ1) is 17.6. The molecule has 9 heteroatoms. The number of aromatic carboxylic acids is 1. The molecule has 0 bridgehead atoms. The van der Waals surface area contributed by atoms with Crippen LogP contribution in [-0.4, -0.2) is 33.6 Å². The number of para-hydroxylation sites is 1. The number of hydrogen-bond acceptors (Lipinski definition) is 6. The van der Waals surface area contributed by atoms with Crippen LogP contribution in [0.3, 0.4) is 0 Å². The van der Waals surface area contributed by atoms with Crippen molar-refractivity contribution in [1.82, 2.24) is 4.98 Å². The van der Waals surface area contributed by atoms with Gasteiger partial charge in [-0.15, -0.1) is 0 Å². The molecule has 0 amide bonds. The molecule has 1 aromatic heterocycles. The van der Waals surface area contributed by atoms with Crippen molar-refractivity contribution in [2.75, 3.05) is 18.9 Å². The summed E-state index contributed by atoms with van der Waals surface area (Å²) in [5.74, 6) is -0.922. The zero-order valence-electron chi connectivity index (χ0n) is 13.9. The summed E-state index contributed by atoms with van der Waals surface area (Å²) in [6, 6.07) is 10.7. The fourth-order valence-corrected chi connectivity index (χ4v) is 3.69.